The second-order valence-electron chi connectivity index (χ2n) is 7.26. The van der Waals surface area contributed by atoms with Crippen molar-refractivity contribution < 1.29 is 18.7 Å². The molecule has 0 aliphatic carbocycles. The Balaban J connectivity index is 1.69. The van der Waals surface area contributed by atoms with Crippen molar-refractivity contribution in [1.82, 2.24) is 4.90 Å². The van der Waals surface area contributed by atoms with Gasteiger partial charge in [0.2, 0.25) is 0 Å². The third-order valence-corrected chi connectivity index (χ3v) is 6.06. The van der Waals surface area contributed by atoms with E-state index in [-0.39, 0.29) is 11.7 Å². The van der Waals surface area contributed by atoms with Gasteiger partial charge in [0.1, 0.15) is 12.4 Å². The minimum Gasteiger partial charge on any atom is -0.489 e. The highest BCUT2D eigenvalue weighted by molar-refractivity contribution is 7.15. The summed E-state index contributed by atoms with van der Waals surface area (Å²) < 4.78 is 25.2. The quantitative estimate of drug-likeness (QED) is 0.403. The van der Waals surface area contributed by atoms with E-state index in [2.05, 4.69) is 25.0 Å². The molecule has 31 heavy (non-hydrogen) atoms. The molecule has 2 heterocycles. The first kappa shape index (κ1) is 21.0. The molecule has 0 bridgehead atoms. The van der Waals surface area contributed by atoms with E-state index in [1.54, 1.807) is 16.2 Å². The molecule has 0 atom stereocenters. The van der Waals surface area contributed by atoms with Gasteiger partial charge in [-0.3, -0.25) is 4.79 Å². The van der Waals surface area contributed by atoms with Crippen molar-refractivity contribution in [3.8, 4) is 34.3 Å². The van der Waals surface area contributed by atoms with E-state index in [1.807, 2.05) is 12.1 Å². The Morgan fingerprint density at radius 1 is 1.26 bits per heavy atom. The van der Waals surface area contributed by atoms with Gasteiger partial charge >= 0.3 is 0 Å². The summed E-state index contributed by atoms with van der Waals surface area (Å²) in [5.74, 6) is 3.32. The first-order chi connectivity index (χ1) is 15.0. The standard InChI is InChI=1S/C25H22FNO3S/c1-3-4-12-29-22-15-19(23-10-5-17(2)31-23)14-20-16-27(11-13-30-24(20)22)25(28)18-6-8-21(26)9-7-18/h1,5-10,14-15H,4,11-13,16H2,2H3. The molecule has 1 aliphatic heterocycles. The fourth-order valence-corrected chi connectivity index (χ4v) is 4.35. The molecule has 1 amide bonds. The number of rotatable bonds is 5. The summed E-state index contributed by atoms with van der Waals surface area (Å²) in [5, 5.41) is 0. The van der Waals surface area contributed by atoms with Gasteiger partial charge in [0.25, 0.3) is 5.91 Å². The number of carbonyl (C=O) groups is 1. The molecule has 1 aromatic heterocycles. The highest BCUT2D eigenvalue weighted by Crippen LogP contribution is 2.40. The van der Waals surface area contributed by atoms with Crippen LogP contribution in [0.3, 0.4) is 0 Å². The predicted octanol–water partition coefficient (Wildman–Crippen LogP) is 5.30. The van der Waals surface area contributed by atoms with E-state index in [0.29, 0.717) is 49.8 Å². The summed E-state index contributed by atoms with van der Waals surface area (Å²) in [6.07, 6.45) is 5.86. The molecule has 4 rings (SSSR count). The van der Waals surface area contributed by atoms with Crippen LogP contribution >= 0.6 is 11.3 Å². The van der Waals surface area contributed by atoms with Crippen LogP contribution in [0.4, 0.5) is 4.39 Å². The second kappa shape index (κ2) is 9.23. The van der Waals surface area contributed by atoms with Crippen LogP contribution < -0.4 is 9.47 Å². The van der Waals surface area contributed by atoms with Gasteiger partial charge in [0.05, 0.1) is 13.2 Å². The second-order valence-corrected chi connectivity index (χ2v) is 8.55. The summed E-state index contributed by atoms with van der Waals surface area (Å²) in [6.45, 7) is 3.58. The first-order valence-electron chi connectivity index (χ1n) is 10.0. The number of benzene rings is 2. The fourth-order valence-electron chi connectivity index (χ4n) is 3.49. The largest absolute Gasteiger partial charge is 0.489 e. The number of fused-ring (bicyclic) bond motifs is 1. The van der Waals surface area contributed by atoms with Crippen molar-refractivity contribution in [3.63, 3.8) is 0 Å². The molecule has 4 nitrogen and oxygen atoms in total. The van der Waals surface area contributed by atoms with Crippen LogP contribution in [0.25, 0.3) is 10.4 Å². The summed E-state index contributed by atoms with van der Waals surface area (Å²) in [6, 6.07) is 13.8. The molecule has 0 saturated heterocycles. The minimum absolute atomic E-state index is 0.163. The van der Waals surface area contributed by atoms with Crippen LogP contribution in [0.15, 0.2) is 48.5 Å². The van der Waals surface area contributed by atoms with Crippen molar-refractivity contribution in [2.75, 3.05) is 19.8 Å². The smallest absolute Gasteiger partial charge is 0.254 e. The Kier molecular flexibility index (Phi) is 6.24. The van der Waals surface area contributed by atoms with Gasteiger partial charge in [-0.2, -0.15) is 0 Å². The maximum Gasteiger partial charge on any atom is 0.254 e. The molecule has 1 aliphatic rings. The number of hydrogen-bond acceptors (Lipinski definition) is 4. The zero-order valence-electron chi connectivity index (χ0n) is 17.2. The van der Waals surface area contributed by atoms with Crippen molar-refractivity contribution in [2.24, 2.45) is 0 Å². The topological polar surface area (TPSA) is 38.8 Å². The Bertz CT molecular complexity index is 1130. The lowest BCUT2D eigenvalue weighted by molar-refractivity contribution is 0.0733. The van der Waals surface area contributed by atoms with Crippen molar-refractivity contribution >= 4 is 17.2 Å². The van der Waals surface area contributed by atoms with Gasteiger partial charge < -0.3 is 14.4 Å². The van der Waals surface area contributed by atoms with Gasteiger partial charge in [-0.05, 0) is 61.0 Å². The molecule has 158 valence electrons. The lowest BCUT2D eigenvalue weighted by Crippen LogP contribution is -2.32. The van der Waals surface area contributed by atoms with Crippen LogP contribution in [0, 0.1) is 25.1 Å². The lowest BCUT2D eigenvalue weighted by Gasteiger charge is -2.20. The van der Waals surface area contributed by atoms with Gasteiger partial charge in [0, 0.05) is 33.8 Å². The molecular formula is C25H22FNO3S. The number of ether oxygens (including phenoxy) is 2. The fraction of sp³-hybridized carbons (Fsp3) is 0.240. The van der Waals surface area contributed by atoms with Crippen LogP contribution in [-0.4, -0.2) is 30.6 Å². The van der Waals surface area contributed by atoms with Crippen molar-refractivity contribution in [1.29, 1.82) is 0 Å². The third kappa shape index (κ3) is 4.73. The number of hydrogen-bond donors (Lipinski definition) is 0. The molecule has 0 N–H and O–H groups in total. The van der Waals surface area contributed by atoms with Crippen LogP contribution in [0.2, 0.25) is 0 Å². The van der Waals surface area contributed by atoms with Crippen molar-refractivity contribution in [3.05, 3.63) is 70.4 Å². The van der Waals surface area contributed by atoms with Crippen LogP contribution in [-0.2, 0) is 6.54 Å². The summed E-state index contributed by atoms with van der Waals surface area (Å²) in [4.78, 5) is 17.1. The Labute approximate surface area is 185 Å². The summed E-state index contributed by atoms with van der Waals surface area (Å²) in [5.41, 5.74) is 2.32. The summed E-state index contributed by atoms with van der Waals surface area (Å²) >= 11 is 1.69. The number of terminal acetylenes is 1. The van der Waals surface area contributed by atoms with Crippen molar-refractivity contribution in [2.45, 2.75) is 19.9 Å². The van der Waals surface area contributed by atoms with Crippen LogP contribution in [0.5, 0.6) is 11.5 Å². The number of thiophene rings is 1. The van der Waals surface area contributed by atoms with Gasteiger partial charge in [0.15, 0.2) is 11.5 Å². The number of amides is 1. The van der Waals surface area contributed by atoms with E-state index < -0.39 is 0 Å². The van der Waals surface area contributed by atoms with E-state index in [9.17, 15) is 9.18 Å². The number of halogens is 1. The number of aryl methyl sites for hydroxylation is 1. The number of nitrogens with zero attached hydrogens (tertiary/aromatic N) is 1. The van der Waals surface area contributed by atoms with Gasteiger partial charge in [-0.25, -0.2) is 4.39 Å². The zero-order valence-corrected chi connectivity index (χ0v) is 18.0. The maximum absolute atomic E-state index is 13.3. The highest BCUT2D eigenvalue weighted by Gasteiger charge is 2.24. The SMILES string of the molecule is C#CCCOc1cc(-c2ccc(C)s2)cc2c1OCCN(C(=O)c1ccc(F)cc1)C2. The molecule has 2 aromatic carbocycles. The first-order valence-corrected chi connectivity index (χ1v) is 10.8. The van der Waals surface area contributed by atoms with E-state index in [1.165, 1.54) is 29.1 Å². The lowest BCUT2D eigenvalue weighted by atomic mass is 10.1. The maximum atomic E-state index is 13.3. The molecule has 0 saturated carbocycles. The van der Waals surface area contributed by atoms with E-state index in [4.69, 9.17) is 15.9 Å². The molecule has 3 aromatic rings. The molecule has 6 heteroatoms. The Hall–Kier alpha value is -3.30. The Morgan fingerprint density at radius 2 is 2.06 bits per heavy atom. The van der Waals surface area contributed by atoms with Crippen LogP contribution in [0.1, 0.15) is 27.2 Å². The molecule has 0 unspecified atom stereocenters. The third-order valence-electron chi connectivity index (χ3n) is 5.01. The average molecular weight is 436 g/mol. The normalized spacial score (nSPS) is 13.0. The Morgan fingerprint density at radius 3 is 2.77 bits per heavy atom. The predicted molar refractivity (Wildman–Crippen MR) is 120 cm³/mol. The minimum atomic E-state index is -0.370. The highest BCUT2D eigenvalue weighted by atomic mass is 32.1. The van der Waals surface area contributed by atoms with E-state index in [0.717, 1.165) is 16.0 Å². The van der Waals surface area contributed by atoms with Gasteiger partial charge in [-0.15, -0.1) is 23.7 Å². The molecular weight excluding hydrogens is 413 g/mol. The zero-order chi connectivity index (χ0) is 21.8. The average Bonchev–Trinajstić information content (AvgIpc) is 3.08. The summed E-state index contributed by atoms with van der Waals surface area (Å²) in [7, 11) is 0. The molecule has 0 radical (unpaired) electrons. The molecule has 0 fully saturated rings. The monoisotopic (exact) mass is 435 g/mol. The van der Waals surface area contributed by atoms with Gasteiger partial charge in [-0.1, -0.05) is 0 Å². The number of carbonyl (C=O) groups excluding carboxylic acids is 1. The van der Waals surface area contributed by atoms with E-state index >= 15 is 0 Å². The molecule has 0 spiro atoms.